The fraction of sp³-hybridized carbons (Fsp3) is 0.538. The van der Waals surface area contributed by atoms with E-state index in [9.17, 15) is 8.78 Å². The van der Waals surface area contributed by atoms with Gasteiger partial charge in [0, 0.05) is 18.3 Å². The highest BCUT2D eigenvalue weighted by atomic mass is 32.2. The Labute approximate surface area is 116 Å². The van der Waals surface area contributed by atoms with Gasteiger partial charge in [0.15, 0.2) is 11.5 Å². The van der Waals surface area contributed by atoms with E-state index in [0.29, 0.717) is 18.3 Å². The van der Waals surface area contributed by atoms with Crippen molar-refractivity contribution in [2.45, 2.75) is 26.1 Å². The first kappa shape index (κ1) is 16.0. The maximum Gasteiger partial charge on any atom is 0.387 e. The number of benzene rings is 1. The van der Waals surface area contributed by atoms with E-state index in [2.05, 4.69) is 17.0 Å². The summed E-state index contributed by atoms with van der Waals surface area (Å²) in [6.07, 6.45) is 2.04. The van der Waals surface area contributed by atoms with E-state index >= 15 is 0 Å². The molecule has 0 spiro atoms. The van der Waals surface area contributed by atoms with Crippen molar-refractivity contribution in [1.29, 1.82) is 0 Å². The van der Waals surface area contributed by atoms with Crippen LogP contribution in [0.15, 0.2) is 18.2 Å². The molecule has 3 nitrogen and oxygen atoms in total. The van der Waals surface area contributed by atoms with Crippen molar-refractivity contribution >= 4 is 11.8 Å². The second-order valence-corrected chi connectivity index (χ2v) is 5.01. The third-order valence-electron chi connectivity index (χ3n) is 2.52. The Morgan fingerprint density at radius 2 is 2.05 bits per heavy atom. The summed E-state index contributed by atoms with van der Waals surface area (Å²) in [5, 5.41) is 3.31. The number of thioether (sulfide) groups is 1. The number of rotatable bonds is 8. The summed E-state index contributed by atoms with van der Waals surface area (Å²) in [5.41, 5.74) is 0.879. The third-order valence-corrected chi connectivity index (χ3v) is 3.35. The van der Waals surface area contributed by atoms with Crippen LogP contribution < -0.4 is 14.8 Å². The van der Waals surface area contributed by atoms with Crippen LogP contribution in [0.25, 0.3) is 0 Å². The van der Waals surface area contributed by atoms with E-state index in [-0.39, 0.29) is 5.75 Å². The number of methoxy groups -OCH3 is 1. The molecular formula is C13H19F2NO2S. The molecule has 0 aliphatic rings. The standard InChI is InChI=1S/C13H19F2NO2S/c1-9(8-19-3)16-7-10-4-5-11(17-2)12(6-10)18-13(14)15/h4-6,9,13,16H,7-8H2,1-3H3. The predicted octanol–water partition coefficient (Wildman–Crippen LogP) is 3.14. The van der Waals surface area contributed by atoms with Crippen LogP contribution in [-0.4, -0.2) is 31.8 Å². The van der Waals surface area contributed by atoms with Gasteiger partial charge in [-0.1, -0.05) is 6.07 Å². The number of halogens is 2. The fourth-order valence-electron chi connectivity index (χ4n) is 1.62. The zero-order chi connectivity index (χ0) is 14.3. The van der Waals surface area contributed by atoms with Crippen molar-refractivity contribution in [1.82, 2.24) is 5.32 Å². The van der Waals surface area contributed by atoms with E-state index in [1.54, 1.807) is 23.9 Å². The highest BCUT2D eigenvalue weighted by Gasteiger charge is 2.11. The smallest absolute Gasteiger partial charge is 0.387 e. The first-order valence-electron chi connectivity index (χ1n) is 5.90. The molecule has 0 saturated carbocycles. The lowest BCUT2D eigenvalue weighted by Crippen LogP contribution is -2.27. The van der Waals surface area contributed by atoms with Crippen molar-refractivity contribution in [3.63, 3.8) is 0 Å². The normalized spacial score (nSPS) is 12.5. The topological polar surface area (TPSA) is 30.5 Å². The second kappa shape index (κ2) is 8.22. The zero-order valence-corrected chi connectivity index (χ0v) is 12.1. The van der Waals surface area contributed by atoms with E-state index in [1.807, 2.05) is 12.3 Å². The Kier molecular flexibility index (Phi) is 6.94. The van der Waals surface area contributed by atoms with E-state index < -0.39 is 6.61 Å². The molecule has 1 aromatic carbocycles. The Morgan fingerprint density at radius 1 is 1.32 bits per heavy atom. The first-order chi connectivity index (χ1) is 9.06. The summed E-state index contributed by atoms with van der Waals surface area (Å²) >= 11 is 1.76. The minimum Gasteiger partial charge on any atom is -0.493 e. The van der Waals surface area contributed by atoms with Crippen molar-refractivity contribution in [2.24, 2.45) is 0 Å². The fourth-order valence-corrected chi connectivity index (χ4v) is 2.24. The molecule has 1 aromatic rings. The van der Waals surface area contributed by atoms with Gasteiger partial charge in [0.05, 0.1) is 7.11 Å². The summed E-state index contributed by atoms with van der Waals surface area (Å²) in [7, 11) is 1.42. The summed E-state index contributed by atoms with van der Waals surface area (Å²) in [6, 6.07) is 5.39. The molecule has 0 aliphatic heterocycles. The quantitative estimate of drug-likeness (QED) is 0.797. The largest absolute Gasteiger partial charge is 0.493 e. The van der Waals surface area contributed by atoms with Crippen LogP contribution in [-0.2, 0) is 6.54 Å². The minimum atomic E-state index is -2.85. The van der Waals surface area contributed by atoms with Gasteiger partial charge in [-0.15, -0.1) is 0 Å². The maximum absolute atomic E-state index is 12.3. The van der Waals surface area contributed by atoms with Crippen LogP contribution in [0.1, 0.15) is 12.5 Å². The highest BCUT2D eigenvalue weighted by Crippen LogP contribution is 2.29. The lowest BCUT2D eigenvalue weighted by Gasteiger charge is -2.14. The molecule has 0 aromatic heterocycles. The van der Waals surface area contributed by atoms with E-state index in [0.717, 1.165) is 11.3 Å². The van der Waals surface area contributed by atoms with Crippen LogP contribution in [0.4, 0.5) is 8.78 Å². The lowest BCUT2D eigenvalue weighted by molar-refractivity contribution is -0.0512. The number of alkyl halides is 2. The molecule has 0 amide bonds. The Morgan fingerprint density at radius 3 is 2.63 bits per heavy atom. The molecule has 1 N–H and O–H groups in total. The third kappa shape index (κ3) is 5.65. The van der Waals surface area contributed by atoms with Crippen molar-refractivity contribution in [3.05, 3.63) is 23.8 Å². The SMILES string of the molecule is COc1ccc(CNC(C)CSC)cc1OC(F)F. The monoisotopic (exact) mass is 291 g/mol. The molecule has 0 bridgehead atoms. The van der Waals surface area contributed by atoms with Gasteiger partial charge >= 0.3 is 6.61 Å². The van der Waals surface area contributed by atoms with Gasteiger partial charge in [-0.3, -0.25) is 0 Å². The molecule has 0 aliphatic carbocycles. The highest BCUT2D eigenvalue weighted by molar-refractivity contribution is 7.98. The van der Waals surface area contributed by atoms with Gasteiger partial charge in [0.2, 0.25) is 0 Å². The van der Waals surface area contributed by atoms with Crippen LogP contribution >= 0.6 is 11.8 Å². The predicted molar refractivity (Wildman–Crippen MR) is 74.3 cm³/mol. The molecule has 1 atom stereocenters. The van der Waals surface area contributed by atoms with Crippen molar-refractivity contribution in [3.8, 4) is 11.5 Å². The van der Waals surface area contributed by atoms with Crippen LogP contribution in [0.2, 0.25) is 0 Å². The molecule has 1 rings (SSSR count). The number of nitrogens with one attached hydrogen (secondary N) is 1. The average Bonchev–Trinajstić information content (AvgIpc) is 2.36. The molecule has 0 fully saturated rings. The molecule has 0 heterocycles. The summed E-state index contributed by atoms with van der Waals surface area (Å²) < 4.78 is 34.0. The molecule has 0 saturated heterocycles. The maximum atomic E-state index is 12.3. The Hall–Kier alpha value is -1.01. The van der Waals surface area contributed by atoms with Gasteiger partial charge in [-0.25, -0.2) is 0 Å². The van der Waals surface area contributed by atoms with Crippen molar-refractivity contribution < 1.29 is 18.3 Å². The number of hydrogen-bond acceptors (Lipinski definition) is 4. The number of ether oxygens (including phenoxy) is 2. The molecule has 19 heavy (non-hydrogen) atoms. The molecule has 6 heteroatoms. The van der Waals surface area contributed by atoms with E-state index in [4.69, 9.17) is 4.74 Å². The second-order valence-electron chi connectivity index (χ2n) is 4.10. The summed E-state index contributed by atoms with van der Waals surface area (Å²) in [6.45, 7) is -0.172. The average molecular weight is 291 g/mol. The van der Waals surface area contributed by atoms with Gasteiger partial charge in [-0.2, -0.15) is 20.5 Å². The Bertz CT molecular complexity index is 391. The molecule has 1 unspecified atom stereocenters. The van der Waals surface area contributed by atoms with Gasteiger partial charge < -0.3 is 14.8 Å². The molecule has 0 radical (unpaired) electrons. The Balaban J connectivity index is 2.69. The zero-order valence-electron chi connectivity index (χ0n) is 11.3. The van der Waals surface area contributed by atoms with Crippen LogP contribution in [0.3, 0.4) is 0 Å². The van der Waals surface area contributed by atoms with Crippen LogP contribution in [0.5, 0.6) is 11.5 Å². The molecule has 108 valence electrons. The van der Waals surface area contributed by atoms with Gasteiger partial charge in [0.1, 0.15) is 0 Å². The summed E-state index contributed by atoms with van der Waals surface area (Å²) in [5.74, 6) is 1.37. The summed E-state index contributed by atoms with van der Waals surface area (Å²) in [4.78, 5) is 0. The van der Waals surface area contributed by atoms with E-state index in [1.165, 1.54) is 7.11 Å². The van der Waals surface area contributed by atoms with Crippen LogP contribution in [0, 0.1) is 0 Å². The van der Waals surface area contributed by atoms with Gasteiger partial charge in [0.25, 0.3) is 0 Å². The van der Waals surface area contributed by atoms with Gasteiger partial charge in [-0.05, 0) is 30.9 Å². The number of hydrogen-bond donors (Lipinski definition) is 1. The van der Waals surface area contributed by atoms with Crippen molar-refractivity contribution in [2.75, 3.05) is 19.1 Å². The first-order valence-corrected chi connectivity index (χ1v) is 7.30. The minimum absolute atomic E-state index is 0.0642. The molecular weight excluding hydrogens is 272 g/mol. The lowest BCUT2D eigenvalue weighted by atomic mass is 10.2.